The molecule has 4 heteroatoms. The van der Waals surface area contributed by atoms with Crippen LogP contribution in [0.4, 0.5) is 4.39 Å². The van der Waals surface area contributed by atoms with Gasteiger partial charge in [0.25, 0.3) is 5.56 Å². The molecular formula is C15H11FN2O. The number of benzene rings is 2. The minimum Gasteiger partial charge on any atom is -0.268 e. The van der Waals surface area contributed by atoms with E-state index in [-0.39, 0.29) is 11.4 Å². The molecule has 0 spiro atoms. The second kappa shape index (κ2) is 4.31. The lowest BCUT2D eigenvalue weighted by molar-refractivity contribution is 0.627. The zero-order valence-corrected chi connectivity index (χ0v) is 10.3. The Morgan fingerprint density at radius 3 is 2.58 bits per heavy atom. The van der Waals surface area contributed by atoms with Gasteiger partial charge < -0.3 is 0 Å². The SMILES string of the molecule is Cc1cccc2c(=O)n(-c3ccc(F)cc3)cnc12. The first-order valence-electron chi connectivity index (χ1n) is 5.90. The molecule has 1 aromatic heterocycles. The maximum atomic E-state index is 12.9. The van der Waals surface area contributed by atoms with Crippen LogP contribution in [0.25, 0.3) is 16.6 Å². The summed E-state index contributed by atoms with van der Waals surface area (Å²) in [5, 5.41) is 0.562. The third-order valence-corrected chi connectivity index (χ3v) is 3.09. The van der Waals surface area contributed by atoms with E-state index in [0.29, 0.717) is 16.6 Å². The lowest BCUT2D eigenvalue weighted by Crippen LogP contribution is -2.19. The van der Waals surface area contributed by atoms with Crippen molar-refractivity contribution in [2.45, 2.75) is 6.92 Å². The molecule has 0 atom stereocenters. The quantitative estimate of drug-likeness (QED) is 0.669. The van der Waals surface area contributed by atoms with E-state index in [9.17, 15) is 9.18 Å². The molecule has 19 heavy (non-hydrogen) atoms. The van der Waals surface area contributed by atoms with Crippen LogP contribution in [0.3, 0.4) is 0 Å². The predicted molar refractivity (Wildman–Crippen MR) is 72.0 cm³/mol. The number of nitrogens with zero attached hydrogens (tertiary/aromatic N) is 2. The zero-order valence-electron chi connectivity index (χ0n) is 10.3. The Balaban J connectivity index is 2.29. The number of aryl methyl sites for hydroxylation is 1. The molecule has 0 saturated carbocycles. The first kappa shape index (κ1) is 11.6. The monoisotopic (exact) mass is 254 g/mol. The normalized spacial score (nSPS) is 10.8. The average molecular weight is 254 g/mol. The van der Waals surface area contributed by atoms with Crippen molar-refractivity contribution >= 4 is 10.9 Å². The Morgan fingerprint density at radius 2 is 1.84 bits per heavy atom. The van der Waals surface area contributed by atoms with Gasteiger partial charge in [-0.25, -0.2) is 9.37 Å². The Bertz CT molecular complexity index is 806. The second-order valence-corrected chi connectivity index (χ2v) is 4.37. The summed E-state index contributed by atoms with van der Waals surface area (Å²) in [6.07, 6.45) is 1.48. The summed E-state index contributed by atoms with van der Waals surface area (Å²) in [5.74, 6) is -0.332. The molecule has 0 amide bonds. The number of rotatable bonds is 1. The van der Waals surface area contributed by atoms with Gasteiger partial charge in [-0.05, 0) is 42.8 Å². The van der Waals surface area contributed by atoms with Crippen molar-refractivity contribution in [3.8, 4) is 5.69 Å². The van der Waals surface area contributed by atoms with Crippen LogP contribution in [0.1, 0.15) is 5.56 Å². The van der Waals surface area contributed by atoms with Gasteiger partial charge >= 0.3 is 0 Å². The third-order valence-electron chi connectivity index (χ3n) is 3.09. The van der Waals surface area contributed by atoms with E-state index >= 15 is 0 Å². The molecule has 1 heterocycles. The molecule has 0 unspecified atom stereocenters. The van der Waals surface area contributed by atoms with Crippen molar-refractivity contribution in [3.63, 3.8) is 0 Å². The molecule has 0 saturated heterocycles. The maximum Gasteiger partial charge on any atom is 0.265 e. The summed E-state index contributed by atoms with van der Waals surface area (Å²) in [6.45, 7) is 1.91. The largest absolute Gasteiger partial charge is 0.268 e. The summed E-state index contributed by atoms with van der Waals surface area (Å²) in [6, 6.07) is 11.2. The van der Waals surface area contributed by atoms with Crippen LogP contribution >= 0.6 is 0 Å². The van der Waals surface area contributed by atoms with E-state index in [0.717, 1.165) is 5.56 Å². The number of aromatic nitrogens is 2. The fraction of sp³-hybridized carbons (Fsp3) is 0.0667. The van der Waals surface area contributed by atoms with Gasteiger partial charge in [-0.1, -0.05) is 12.1 Å². The second-order valence-electron chi connectivity index (χ2n) is 4.37. The average Bonchev–Trinajstić information content (AvgIpc) is 2.42. The highest BCUT2D eigenvalue weighted by atomic mass is 19.1. The minimum absolute atomic E-state index is 0.152. The third kappa shape index (κ3) is 1.91. The van der Waals surface area contributed by atoms with Crippen LogP contribution in [-0.2, 0) is 0 Å². The van der Waals surface area contributed by atoms with Gasteiger partial charge in [0.1, 0.15) is 12.1 Å². The molecule has 0 aliphatic heterocycles. The van der Waals surface area contributed by atoms with Crippen LogP contribution in [0, 0.1) is 12.7 Å². The molecule has 0 radical (unpaired) electrons. The molecule has 0 bridgehead atoms. The number of fused-ring (bicyclic) bond motifs is 1. The topological polar surface area (TPSA) is 34.9 Å². The van der Waals surface area contributed by atoms with Crippen molar-refractivity contribution in [1.29, 1.82) is 0 Å². The van der Waals surface area contributed by atoms with Gasteiger partial charge in [-0.15, -0.1) is 0 Å². The standard InChI is InChI=1S/C15H11FN2O/c1-10-3-2-4-13-14(10)17-9-18(15(13)19)12-7-5-11(16)6-8-12/h2-9H,1H3. The van der Waals surface area contributed by atoms with Gasteiger partial charge in [0, 0.05) is 0 Å². The molecule has 3 aromatic rings. The van der Waals surface area contributed by atoms with E-state index < -0.39 is 0 Å². The van der Waals surface area contributed by atoms with E-state index in [1.807, 2.05) is 19.1 Å². The predicted octanol–water partition coefficient (Wildman–Crippen LogP) is 2.83. The maximum absolute atomic E-state index is 12.9. The highest BCUT2D eigenvalue weighted by Gasteiger charge is 2.07. The molecule has 0 aliphatic carbocycles. The van der Waals surface area contributed by atoms with Crippen molar-refractivity contribution in [2.75, 3.05) is 0 Å². The van der Waals surface area contributed by atoms with Crippen molar-refractivity contribution in [3.05, 3.63) is 70.5 Å². The van der Waals surface area contributed by atoms with Gasteiger partial charge in [0.15, 0.2) is 0 Å². The van der Waals surface area contributed by atoms with E-state index in [1.165, 1.54) is 23.0 Å². The van der Waals surface area contributed by atoms with Crippen molar-refractivity contribution in [1.82, 2.24) is 9.55 Å². The lowest BCUT2D eigenvalue weighted by Gasteiger charge is -2.07. The van der Waals surface area contributed by atoms with Crippen LogP contribution < -0.4 is 5.56 Å². The molecule has 2 aromatic carbocycles. The van der Waals surface area contributed by atoms with Crippen LogP contribution in [0.5, 0.6) is 0 Å². The Hall–Kier alpha value is -2.49. The summed E-state index contributed by atoms with van der Waals surface area (Å²) < 4.78 is 14.3. The van der Waals surface area contributed by atoms with Crippen molar-refractivity contribution < 1.29 is 4.39 Å². The molecule has 94 valence electrons. The van der Waals surface area contributed by atoms with E-state index in [1.54, 1.807) is 18.2 Å². The van der Waals surface area contributed by atoms with Gasteiger partial charge in [0.2, 0.25) is 0 Å². The Kier molecular flexibility index (Phi) is 2.63. The Labute approximate surface area is 109 Å². The molecule has 0 aliphatic rings. The van der Waals surface area contributed by atoms with Gasteiger partial charge in [-0.3, -0.25) is 9.36 Å². The van der Waals surface area contributed by atoms with E-state index in [4.69, 9.17) is 0 Å². The summed E-state index contributed by atoms with van der Waals surface area (Å²) >= 11 is 0. The smallest absolute Gasteiger partial charge is 0.265 e. The fourth-order valence-electron chi connectivity index (χ4n) is 2.09. The Morgan fingerprint density at radius 1 is 1.11 bits per heavy atom. The molecule has 3 nitrogen and oxygen atoms in total. The first-order chi connectivity index (χ1) is 9.16. The lowest BCUT2D eigenvalue weighted by atomic mass is 10.1. The molecule has 3 rings (SSSR count). The van der Waals surface area contributed by atoms with Crippen LogP contribution in [0.15, 0.2) is 53.6 Å². The van der Waals surface area contributed by atoms with Crippen LogP contribution in [-0.4, -0.2) is 9.55 Å². The summed E-state index contributed by atoms with van der Waals surface area (Å²) in [4.78, 5) is 16.7. The van der Waals surface area contributed by atoms with Gasteiger partial charge in [-0.2, -0.15) is 0 Å². The highest BCUT2D eigenvalue weighted by molar-refractivity contribution is 5.80. The number of hydrogen-bond donors (Lipinski definition) is 0. The highest BCUT2D eigenvalue weighted by Crippen LogP contribution is 2.13. The van der Waals surface area contributed by atoms with Crippen LogP contribution in [0.2, 0.25) is 0 Å². The first-order valence-corrected chi connectivity index (χ1v) is 5.90. The number of hydrogen-bond acceptors (Lipinski definition) is 2. The molecule has 0 N–H and O–H groups in total. The summed E-state index contributed by atoms with van der Waals surface area (Å²) in [5.41, 5.74) is 2.11. The molecular weight excluding hydrogens is 243 g/mol. The number of para-hydroxylation sites is 1. The van der Waals surface area contributed by atoms with Gasteiger partial charge in [0.05, 0.1) is 16.6 Å². The van der Waals surface area contributed by atoms with E-state index in [2.05, 4.69) is 4.98 Å². The molecule has 0 fully saturated rings. The summed E-state index contributed by atoms with van der Waals surface area (Å²) in [7, 11) is 0. The van der Waals surface area contributed by atoms with Crippen molar-refractivity contribution in [2.24, 2.45) is 0 Å². The fourth-order valence-corrected chi connectivity index (χ4v) is 2.09. The minimum atomic E-state index is -0.332. The number of halogens is 1. The zero-order chi connectivity index (χ0) is 13.4.